The summed E-state index contributed by atoms with van der Waals surface area (Å²) < 4.78 is 36.3. The molecule has 3 atom stereocenters. The number of hydrogen-bond acceptors (Lipinski definition) is 6. The van der Waals surface area contributed by atoms with Crippen molar-refractivity contribution in [1.82, 2.24) is 23.8 Å². The van der Waals surface area contributed by atoms with Crippen molar-refractivity contribution in [2.24, 2.45) is 11.3 Å². The molecule has 9 rings (SSSR count). The summed E-state index contributed by atoms with van der Waals surface area (Å²) in [6, 6.07) is 11.8. The summed E-state index contributed by atoms with van der Waals surface area (Å²) in [6.07, 6.45) is 10.0. The number of aromatic nitrogens is 1. The normalized spacial score (nSPS) is 28.3. The fourth-order valence-electron chi connectivity index (χ4n) is 9.12. The molecule has 0 spiro atoms. The molecule has 4 aliphatic heterocycles. The lowest BCUT2D eigenvalue weighted by Gasteiger charge is -2.45. The van der Waals surface area contributed by atoms with Crippen LogP contribution >= 0.6 is 0 Å². The van der Waals surface area contributed by atoms with Crippen molar-refractivity contribution in [3.63, 3.8) is 0 Å². The molecule has 0 radical (unpaired) electrons. The van der Waals surface area contributed by atoms with Gasteiger partial charge in [0.2, 0.25) is 5.91 Å². The van der Waals surface area contributed by atoms with Crippen LogP contribution < -0.4 is 14.8 Å². The molecule has 2 saturated carbocycles. The number of hydrogen-bond donors (Lipinski definition) is 2. The van der Waals surface area contributed by atoms with Crippen molar-refractivity contribution in [2.45, 2.75) is 82.3 Å². The molecule has 2 aliphatic carbocycles. The first-order valence-electron chi connectivity index (χ1n) is 17.2. The second-order valence-corrected chi connectivity index (χ2v) is 16.6. The quantitative estimate of drug-likeness (QED) is 0.372. The third-order valence-electron chi connectivity index (χ3n) is 11.9. The first-order chi connectivity index (χ1) is 22.6. The summed E-state index contributed by atoms with van der Waals surface area (Å²) >= 11 is 0. The molecular weight excluding hydrogens is 614 g/mol. The molecule has 1 aromatic heterocycles. The van der Waals surface area contributed by atoms with Gasteiger partial charge >= 0.3 is 10.2 Å². The average Bonchev–Trinajstić information content (AvgIpc) is 3.75. The lowest BCUT2D eigenvalue weighted by molar-refractivity contribution is -0.130. The van der Waals surface area contributed by atoms with Gasteiger partial charge in [-0.15, -0.1) is 0 Å². The highest BCUT2D eigenvalue weighted by atomic mass is 32.2. The van der Waals surface area contributed by atoms with Gasteiger partial charge in [0, 0.05) is 61.7 Å². The minimum Gasteiger partial charge on any atom is -0.497 e. The van der Waals surface area contributed by atoms with Crippen molar-refractivity contribution in [2.75, 3.05) is 34.3 Å². The van der Waals surface area contributed by atoms with E-state index in [1.54, 1.807) is 13.2 Å². The van der Waals surface area contributed by atoms with Crippen LogP contribution in [0.5, 0.6) is 5.75 Å². The van der Waals surface area contributed by atoms with E-state index in [9.17, 15) is 18.0 Å². The van der Waals surface area contributed by atoms with Gasteiger partial charge < -0.3 is 14.6 Å². The minimum atomic E-state index is -3.96. The summed E-state index contributed by atoms with van der Waals surface area (Å²) in [6.45, 7) is 2.57. The zero-order chi connectivity index (χ0) is 32.7. The monoisotopic (exact) mass is 659 g/mol. The van der Waals surface area contributed by atoms with Crippen LogP contribution in [0.3, 0.4) is 0 Å². The zero-order valence-corrected chi connectivity index (χ0v) is 28.4. The van der Waals surface area contributed by atoms with Gasteiger partial charge in [-0.3, -0.25) is 14.5 Å². The number of rotatable bonds is 7. The third-order valence-corrected chi connectivity index (χ3v) is 13.3. The number of carbonyl (C=O) groups excluding carboxylic acids is 2. The van der Waals surface area contributed by atoms with E-state index < -0.39 is 21.5 Å². The fraction of sp³-hybridized carbons (Fsp3) is 0.556. The molecule has 47 heavy (non-hydrogen) atoms. The van der Waals surface area contributed by atoms with Crippen LogP contribution in [-0.4, -0.2) is 74.5 Å². The van der Waals surface area contributed by atoms with Crippen LogP contribution in [0, 0.1) is 11.3 Å². The Morgan fingerprint density at radius 1 is 1.00 bits per heavy atom. The predicted molar refractivity (Wildman–Crippen MR) is 180 cm³/mol. The lowest BCUT2D eigenvalue weighted by atomic mass is 9.81. The Balaban J connectivity index is 1.28. The van der Waals surface area contributed by atoms with Crippen LogP contribution in [-0.2, 0) is 21.5 Å². The highest BCUT2D eigenvalue weighted by molar-refractivity contribution is 7.87. The number of nitrogens with zero attached hydrogens (tertiary/aromatic N) is 3. The maximum atomic E-state index is 14.6. The van der Waals surface area contributed by atoms with Gasteiger partial charge in [-0.05, 0) is 91.8 Å². The van der Waals surface area contributed by atoms with E-state index in [0.717, 1.165) is 76.6 Å². The number of ether oxygens (including phenoxy) is 1. The van der Waals surface area contributed by atoms with E-state index in [1.165, 1.54) is 51.8 Å². The summed E-state index contributed by atoms with van der Waals surface area (Å²) in [5, 5.41) is 4.59. The van der Waals surface area contributed by atoms with Crippen molar-refractivity contribution >= 4 is 32.9 Å². The molecule has 2 amide bonds. The first kappa shape index (κ1) is 30.9. The number of benzene rings is 2. The standard InChI is InChI=1S/C36H45N5O5S/c1-39(2)47(44,45)38-34(42)24-9-11-27-30(18-24)41-21-36(35(43)37-31-17-22-13-15-40(31)16-14-22)20-29(36)28-19-25(46-3)10-12-26(28)33(41)32(27)23-7-5-4-6-8-23/h9-12,18-19,22-23,29,31H,4-8,13-17,20-21H2,1-3H3,(H,37,43)(H,38,42)/t29?,31-,36?/m0/s1. The molecule has 250 valence electrons. The van der Waals surface area contributed by atoms with Crippen LogP contribution in [0.4, 0.5) is 0 Å². The Morgan fingerprint density at radius 2 is 1.77 bits per heavy atom. The minimum absolute atomic E-state index is 0.0502. The number of piperidine rings is 3. The molecular formula is C36H45N5O5S. The highest BCUT2D eigenvalue weighted by Crippen LogP contribution is 2.65. The molecule has 10 nitrogen and oxygen atoms in total. The Hall–Kier alpha value is -3.41. The Kier molecular flexibility index (Phi) is 7.46. The van der Waals surface area contributed by atoms with Crippen molar-refractivity contribution in [3.05, 3.63) is 53.1 Å². The molecule has 3 aromatic rings. The SMILES string of the molecule is COc1ccc2c(c1)C1CC1(C(=O)N[C@@H]1CC3CCN1CC3)Cn1c-2c(C2CCCCC2)c2ccc(C(=O)NS(=O)(=O)N(C)C)cc21. The van der Waals surface area contributed by atoms with Gasteiger partial charge in [0.1, 0.15) is 5.75 Å². The van der Waals surface area contributed by atoms with Gasteiger partial charge in [0.15, 0.2) is 0 Å². The lowest BCUT2D eigenvalue weighted by Crippen LogP contribution is -2.58. The van der Waals surface area contributed by atoms with Crippen LogP contribution in [0.15, 0.2) is 36.4 Å². The predicted octanol–water partition coefficient (Wildman–Crippen LogP) is 4.95. The summed E-state index contributed by atoms with van der Waals surface area (Å²) in [5.41, 5.74) is 5.20. The second-order valence-electron chi connectivity index (χ2n) is 14.7. The van der Waals surface area contributed by atoms with Crippen LogP contribution in [0.2, 0.25) is 0 Å². The first-order valence-corrected chi connectivity index (χ1v) is 18.7. The molecule has 2 N–H and O–H groups in total. The molecule has 2 bridgehead atoms. The summed E-state index contributed by atoms with van der Waals surface area (Å²) in [5.74, 6) is 1.30. The number of nitrogens with one attached hydrogen (secondary N) is 2. The molecule has 3 saturated heterocycles. The Bertz CT molecular complexity index is 1870. The zero-order valence-electron chi connectivity index (χ0n) is 27.5. The molecule has 6 aliphatic rings. The van der Waals surface area contributed by atoms with E-state index in [4.69, 9.17) is 4.74 Å². The Morgan fingerprint density at radius 3 is 2.45 bits per heavy atom. The number of methoxy groups -OCH3 is 1. The molecule has 2 aromatic carbocycles. The maximum Gasteiger partial charge on any atom is 0.303 e. The smallest absolute Gasteiger partial charge is 0.303 e. The van der Waals surface area contributed by atoms with Crippen molar-refractivity contribution in [3.8, 4) is 17.0 Å². The van der Waals surface area contributed by atoms with Crippen LogP contribution in [0.1, 0.15) is 91.1 Å². The van der Waals surface area contributed by atoms with E-state index in [-0.39, 0.29) is 23.6 Å². The van der Waals surface area contributed by atoms with E-state index in [0.29, 0.717) is 18.4 Å². The number of amides is 2. The molecule has 5 fully saturated rings. The van der Waals surface area contributed by atoms with Crippen molar-refractivity contribution in [1.29, 1.82) is 0 Å². The Labute approximate surface area is 277 Å². The fourth-order valence-corrected chi connectivity index (χ4v) is 9.65. The largest absolute Gasteiger partial charge is 0.497 e. The second kappa shape index (κ2) is 11.3. The van der Waals surface area contributed by atoms with Gasteiger partial charge in [-0.2, -0.15) is 12.7 Å². The van der Waals surface area contributed by atoms with Gasteiger partial charge in [-0.1, -0.05) is 25.3 Å². The van der Waals surface area contributed by atoms with Gasteiger partial charge in [0.25, 0.3) is 5.91 Å². The average molecular weight is 660 g/mol. The maximum absolute atomic E-state index is 14.6. The third kappa shape index (κ3) is 5.07. The van der Waals surface area contributed by atoms with Crippen molar-refractivity contribution < 1.29 is 22.7 Å². The van der Waals surface area contributed by atoms with E-state index in [2.05, 4.69) is 31.6 Å². The number of carbonyl (C=O) groups is 2. The van der Waals surface area contributed by atoms with E-state index >= 15 is 0 Å². The van der Waals surface area contributed by atoms with Gasteiger partial charge in [-0.25, -0.2) is 4.72 Å². The molecule has 5 heterocycles. The van der Waals surface area contributed by atoms with Gasteiger partial charge in [0.05, 0.1) is 24.4 Å². The van der Waals surface area contributed by atoms with E-state index in [1.807, 2.05) is 18.2 Å². The number of fused-ring (bicyclic) bond motifs is 10. The molecule has 11 heteroatoms. The molecule has 2 unspecified atom stereocenters. The van der Waals surface area contributed by atoms with Crippen LogP contribution in [0.25, 0.3) is 22.2 Å². The highest BCUT2D eigenvalue weighted by Gasteiger charge is 2.63. The topological polar surface area (TPSA) is 113 Å². The summed E-state index contributed by atoms with van der Waals surface area (Å²) in [7, 11) is 0.501. The summed E-state index contributed by atoms with van der Waals surface area (Å²) in [4.78, 5) is 30.3.